The zero-order chi connectivity index (χ0) is 26.0. The van der Waals surface area contributed by atoms with Crippen molar-refractivity contribution >= 4 is 22.7 Å². The first kappa shape index (κ1) is 25.9. The second-order valence-corrected chi connectivity index (χ2v) is 8.86. The average molecular weight is 504 g/mol. The number of rotatable bonds is 13. The number of benzene rings is 1. The second kappa shape index (κ2) is 12.7. The van der Waals surface area contributed by atoms with E-state index in [-0.39, 0.29) is 17.9 Å². The molecule has 0 aliphatic rings. The Balaban J connectivity index is 1.49. The molecule has 2 amide bonds. The molecule has 0 bridgehead atoms. The number of fused-ring (bicyclic) bond motifs is 1. The van der Waals surface area contributed by atoms with Gasteiger partial charge >= 0.3 is 0 Å². The van der Waals surface area contributed by atoms with Gasteiger partial charge in [0.15, 0.2) is 0 Å². The number of aryl methyl sites for hydroxylation is 1. The van der Waals surface area contributed by atoms with Crippen molar-refractivity contribution in [2.45, 2.75) is 51.1 Å². The van der Waals surface area contributed by atoms with Crippen LogP contribution in [0.25, 0.3) is 22.2 Å². The predicted molar refractivity (Wildman–Crippen MR) is 141 cm³/mol. The van der Waals surface area contributed by atoms with Crippen molar-refractivity contribution in [2.75, 3.05) is 14.2 Å². The van der Waals surface area contributed by atoms with Crippen LogP contribution in [0.4, 0.5) is 0 Å². The highest BCUT2D eigenvalue weighted by molar-refractivity contribution is 5.85. The van der Waals surface area contributed by atoms with E-state index in [0.29, 0.717) is 37.5 Å². The lowest BCUT2D eigenvalue weighted by molar-refractivity contribution is -0.122. The van der Waals surface area contributed by atoms with Gasteiger partial charge < -0.3 is 24.9 Å². The molecule has 4 aromatic rings. The highest BCUT2D eigenvalue weighted by Gasteiger charge is 2.20. The van der Waals surface area contributed by atoms with Gasteiger partial charge in [0, 0.05) is 44.2 Å². The highest BCUT2D eigenvalue weighted by Crippen LogP contribution is 2.31. The molecule has 194 valence electrons. The monoisotopic (exact) mass is 503 g/mol. The summed E-state index contributed by atoms with van der Waals surface area (Å²) in [7, 11) is 3.24. The Morgan fingerprint density at radius 1 is 1.14 bits per heavy atom. The number of unbranched alkanes of at least 4 members (excludes halogenated alkanes) is 2. The van der Waals surface area contributed by atoms with E-state index in [1.165, 1.54) is 0 Å². The number of hydrogen-bond donors (Lipinski definition) is 3. The normalized spacial score (nSPS) is 11.8. The SMILES string of the molecule is CNC(=O)CCCCC[C@H](NC(=O)CCn1ccnc1)c1ncc(-c2cc3ccccc3nc2OC)[nH]1. The number of aromatic amines is 1. The van der Waals surface area contributed by atoms with Gasteiger partial charge in [0.2, 0.25) is 17.7 Å². The fourth-order valence-corrected chi connectivity index (χ4v) is 4.23. The molecule has 0 aliphatic heterocycles. The fourth-order valence-electron chi connectivity index (χ4n) is 4.23. The number of imidazole rings is 2. The molecule has 0 radical (unpaired) electrons. The molecule has 4 rings (SSSR count). The number of aromatic nitrogens is 5. The minimum atomic E-state index is -0.288. The Kier molecular flexibility index (Phi) is 8.85. The summed E-state index contributed by atoms with van der Waals surface area (Å²) in [5.41, 5.74) is 2.42. The van der Waals surface area contributed by atoms with E-state index in [0.717, 1.165) is 41.4 Å². The average Bonchev–Trinajstić information content (AvgIpc) is 3.63. The van der Waals surface area contributed by atoms with E-state index < -0.39 is 0 Å². The van der Waals surface area contributed by atoms with Crippen molar-refractivity contribution in [3.63, 3.8) is 0 Å². The number of nitrogens with one attached hydrogen (secondary N) is 3. The number of methoxy groups -OCH3 is 1. The molecule has 0 aliphatic carbocycles. The molecule has 0 saturated carbocycles. The minimum Gasteiger partial charge on any atom is -0.480 e. The number of carbonyl (C=O) groups is 2. The van der Waals surface area contributed by atoms with Crippen molar-refractivity contribution < 1.29 is 14.3 Å². The summed E-state index contributed by atoms with van der Waals surface area (Å²) < 4.78 is 7.43. The lowest BCUT2D eigenvalue weighted by atomic mass is 10.1. The van der Waals surface area contributed by atoms with E-state index in [2.05, 4.69) is 30.6 Å². The largest absolute Gasteiger partial charge is 0.480 e. The lowest BCUT2D eigenvalue weighted by Gasteiger charge is -2.17. The number of para-hydroxylation sites is 1. The zero-order valence-electron chi connectivity index (χ0n) is 21.2. The minimum absolute atomic E-state index is 0.0398. The van der Waals surface area contributed by atoms with Gasteiger partial charge in [-0.05, 0) is 25.0 Å². The van der Waals surface area contributed by atoms with Crippen LogP contribution in [-0.2, 0) is 16.1 Å². The summed E-state index contributed by atoms with van der Waals surface area (Å²) in [6.45, 7) is 0.550. The van der Waals surface area contributed by atoms with Gasteiger partial charge in [0.05, 0.1) is 42.4 Å². The summed E-state index contributed by atoms with van der Waals surface area (Å²) in [6, 6.07) is 9.60. The summed E-state index contributed by atoms with van der Waals surface area (Å²) in [6.07, 6.45) is 11.0. The van der Waals surface area contributed by atoms with Gasteiger partial charge in [0.25, 0.3) is 0 Å². The van der Waals surface area contributed by atoms with Crippen LogP contribution in [0.3, 0.4) is 0 Å². The van der Waals surface area contributed by atoms with E-state index in [9.17, 15) is 9.59 Å². The van der Waals surface area contributed by atoms with Crippen molar-refractivity contribution in [2.24, 2.45) is 0 Å². The maximum atomic E-state index is 12.8. The van der Waals surface area contributed by atoms with E-state index >= 15 is 0 Å². The van der Waals surface area contributed by atoms with Crippen molar-refractivity contribution in [1.29, 1.82) is 0 Å². The molecule has 0 unspecified atom stereocenters. The van der Waals surface area contributed by atoms with Crippen LogP contribution < -0.4 is 15.4 Å². The van der Waals surface area contributed by atoms with Crippen LogP contribution in [0, 0.1) is 0 Å². The van der Waals surface area contributed by atoms with Crippen LogP contribution >= 0.6 is 0 Å². The van der Waals surface area contributed by atoms with Gasteiger partial charge in [-0.2, -0.15) is 0 Å². The van der Waals surface area contributed by atoms with Crippen LogP contribution in [0.5, 0.6) is 5.88 Å². The molecular formula is C27H33N7O3. The van der Waals surface area contributed by atoms with Crippen LogP contribution in [-0.4, -0.2) is 50.5 Å². The van der Waals surface area contributed by atoms with E-state index in [1.807, 2.05) is 41.1 Å². The summed E-state index contributed by atoms with van der Waals surface area (Å²) >= 11 is 0. The molecule has 1 atom stereocenters. The number of amides is 2. The third kappa shape index (κ3) is 6.93. The molecule has 1 aromatic carbocycles. The first-order valence-electron chi connectivity index (χ1n) is 12.5. The second-order valence-electron chi connectivity index (χ2n) is 8.86. The van der Waals surface area contributed by atoms with Gasteiger partial charge in [0.1, 0.15) is 5.82 Å². The van der Waals surface area contributed by atoms with Crippen LogP contribution in [0.15, 0.2) is 55.2 Å². The number of hydrogen-bond acceptors (Lipinski definition) is 6. The highest BCUT2D eigenvalue weighted by atomic mass is 16.5. The quantitative estimate of drug-likeness (QED) is 0.238. The maximum Gasteiger partial charge on any atom is 0.223 e. The molecule has 0 saturated heterocycles. The predicted octanol–water partition coefficient (Wildman–Crippen LogP) is 3.77. The molecule has 0 spiro atoms. The Hall–Kier alpha value is -4.21. The Morgan fingerprint density at radius 3 is 2.78 bits per heavy atom. The van der Waals surface area contributed by atoms with E-state index in [4.69, 9.17) is 4.74 Å². The first-order valence-corrected chi connectivity index (χ1v) is 12.5. The maximum absolute atomic E-state index is 12.8. The van der Waals surface area contributed by atoms with Crippen molar-refractivity contribution in [3.8, 4) is 17.1 Å². The third-order valence-electron chi connectivity index (χ3n) is 6.27. The number of nitrogens with zero attached hydrogens (tertiary/aromatic N) is 4. The Labute approximate surface area is 215 Å². The zero-order valence-corrected chi connectivity index (χ0v) is 21.2. The number of pyridine rings is 1. The summed E-state index contributed by atoms with van der Waals surface area (Å²) in [5, 5.41) is 6.78. The van der Waals surface area contributed by atoms with Gasteiger partial charge in [-0.3, -0.25) is 9.59 Å². The van der Waals surface area contributed by atoms with Crippen molar-refractivity contribution in [3.05, 3.63) is 61.1 Å². The third-order valence-corrected chi connectivity index (χ3v) is 6.27. The van der Waals surface area contributed by atoms with Crippen molar-refractivity contribution in [1.82, 2.24) is 35.1 Å². The topological polar surface area (TPSA) is 127 Å². The molecular weight excluding hydrogens is 470 g/mol. The molecule has 10 nitrogen and oxygen atoms in total. The standard InChI is InChI=1S/C27H33N7O3/c1-28-24(35)11-5-3-4-10-22(31-25(36)12-14-34-15-13-29-18-34)26-30-17-23(32-26)20-16-19-8-6-7-9-21(19)33-27(20)37-2/h6-9,13,15-18,22H,3-5,10-12,14H2,1-2H3,(H,28,35)(H,30,32)(H,31,36)/t22-/m0/s1. The fraction of sp³-hybridized carbons (Fsp3) is 0.370. The molecule has 10 heteroatoms. The Morgan fingerprint density at radius 2 is 2.00 bits per heavy atom. The molecule has 3 heterocycles. The molecule has 0 fully saturated rings. The Bertz CT molecular complexity index is 1320. The molecule has 37 heavy (non-hydrogen) atoms. The number of carbonyl (C=O) groups excluding carboxylic acids is 2. The van der Waals surface area contributed by atoms with E-state index in [1.54, 1.807) is 32.9 Å². The smallest absolute Gasteiger partial charge is 0.223 e. The number of H-pyrrole nitrogens is 1. The van der Waals surface area contributed by atoms with Gasteiger partial charge in [-0.25, -0.2) is 15.0 Å². The molecule has 3 aromatic heterocycles. The summed E-state index contributed by atoms with van der Waals surface area (Å²) in [4.78, 5) is 41.0. The summed E-state index contributed by atoms with van der Waals surface area (Å²) in [5.74, 6) is 1.15. The molecule has 3 N–H and O–H groups in total. The van der Waals surface area contributed by atoms with Crippen LogP contribution in [0.1, 0.15) is 50.4 Å². The number of ether oxygens (including phenoxy) is 1. The first-order chi connectivity index (χ1) is 18.1. The van der Waals surface area contributed by atoms with Gasteiger partial charge in [-0.15, -0.1) is 0 Å². The van der Waals surface area contributed by atoms with Crippen LogP contribution in [0.2, 0.25) is 0 Å². The van der Waals surface area contributed by atoms with Gasteiger partial charge in [-0.1, -0.05) is 31.0 Å². The lowest BCUT2D eigenvalue weighted by Crippen LogP contribution is -2.30.